The van der Waals surface area contributed by atoms with Gasteiger partial charge in [0.2, 0.25) is 6.10 Å². The van der Waals surface area contributed by atoms with Crippen LogP contribution in [0.1, 0.15) is 16.5 Å². The van der Waals surface area contributed by atoms with Gasteiger partial charge in [-0.25, -0.2) is 0 Å². The fraction of sp³-hybridized carbons (Fsp3) is 0.312. The molecule has 1 aliphatic rings. The van der Waals surface area contributed by atoms with Gasteiger partial charge in [0.25, 0.3) is 5.91 Å². The third-order valence-electron chi connectivity index (χ3n) is 3.48. The van der Waals surface area contributed by atoms with Gasteiger partial charge in [-0.2, -0.15) is 0 Å². The second-order valence-corrected chi connectivity index (χ2v) is 6.04. The van der Waals surface area contributed by atoms with Crippen LogP contribution in [0.25, 0.3) is 0 Å². The topological polar surface area (TPSA) is 67.8 Å². The van der Waals surface area contributed by atoms with Gasteiger partial charge in [0.15, 0.2) is 11.5 Å². The Hall–Kier alpha value is -2.05. The number of carbonyl (C=O) groups excluding carboxylic acids is 1. The lowest BCUT2D eigenvalue weighted by Gasteiger charge is -2.25. The summed E-state index contributed by atoms with van der Waals surface area (Å²) in [5, 5.41) is 14.8. The Kier molecular flexibility index (Phi) is 4.31. The molecule has 2 heterocycles. The van der Waals surface area contributed by atoms with Crippen molar-refractivity contribution in [3.8, 4) is 11.5 Å². The zero-order valence-corrected chi connectivity index (χ0v) is 12.9. The van der Waals surface area contributed by atoms with E-state index in [0.717, 1.165) is 10.4 Å². The standard InChI is InChI=1S/C16H17NO4S/c1-10-6-7-22-15(10)11(18)8-17-16(19)14-9-20-12-4-2-3-5-13(12)21-14/h2-7,11,14,18H,8-9H2,1H3,(H,17,19)/t11-,14-/m0/s1. The maximum absolute atomic E-state index is 12.1. The van der Waals surface area contributed by atoms with Gasteiger partial charge >= 0.3 is 0 Å². The Morgan fingerprint density at radius 2 is 2.18 bits per heavy atom. The van der Waals surface area contributed by atoms with Gasteiger partial charge in [-0.15, -0.1) is 11.3 Å². The van der Waals surface area contributed by atoms with Crippen molar-refractivity contribution in [1.29, 1.82) is 0 Å². The first-order chi connectivity index (χ1) is 10.6. The Balaban J connectivity index is 1.56. The molecule has 1 aliphatic heterocycles. The van der Waals surface area contributed by atoms with Gasteiger partial charge in [0, 0.05) is 11.4 Å². The minimum absolute atomic E-state index is 0.154. The SMILES string of the molecule is Cc1ccsc1[C@@H](O)CNC(=O)[C@@H]1COc2ccccc2O1. The number of nitrogens with one attached hydrogen (secondary N) is 1. The smallest absolute Gasteiger partial charge is 0.264 e. The molecule has 22 heavy (non-hydrogen) atoms. The van der Waals surface area contributed by atoms with Crippen LogP contribution < -0.4 is 14.8 Å². The number of rotatable bonds is 4. The number of para-hydroxylation sites is 2. The first-order valence-electron chi connectivity index (χ1n) is 7.03. The molecule has 0 unspecified atom stereocenters. The minimum atomic E-state index is -0.708. The number of ether oxygens (including phenoxy) is 2. The Labute approximate surface area is 132 Å². The van der Waals surface area contributed by atoms with E-state index in [9.17, 15) is 9.90 Å². The number of amides is 1. The average Bonchev–Trinajstić information content (AvgIpc) is 2.98. The molecule has 0 radical (unpaired) electrons. The van der Waals surface area contributed by atoms with Crippen molar-refractivity contribution >= 4 is 17.2 Å². The molecule has 2 atom stereocenters. The summed E-state index contributed by atoms with van der Waals surface area (Å²) in [6.07, 6.45) is -1.41. The summed E-state index contributed by atoms with van der Waals surface area (Å²) in [4.78, 5) is 13.0. The lowest BCUT2D eigenvalue weighted by Crippen LogP contribution is -2.45. The third-order valence-corrected chi connectivity index (χ3v) is 4.60. The Morgan fingerprint density at radius 3 is 2.91 bits per heavy atom. The molecule has 6 heteroatoms. The molecular weight excluding hydrogens is 302 g/mol. The van der Waals surface area contributed by atoms with Gasteiger partial charge in [-0.1, -0.05) is 12.1 Å². The molecule has 0 aliphatic carbocycles. The summed E-state index contributed by atoms with van der Waals surface area (Å²) in [6.45, 7) is 2.25. The van der Waals surface area contributed by atoms with E-state index >= 15 is 0 Å². The highest BCUT2D eigenvalue weighted by Gasteiger charge is 2.27. The third kappa shape index (κ3) is 3.08. The van der Waals surface area contributed by atoms with Crippen molar-refractivity contribution < 1.29 is 19.4 Å². The fourth-order valence-corrected chi connectivity index (χ4v) is 3.19. The number of thiophene rings is 1. The highest BCUT2D eigenvalue weighted by molar-refractivity contribution is 7.10. The molecule has 2 N–H and O–H groups in total. The average molecular weight is 319 g/mol. The van der Waals surface area contributed by atoms with Crippen LogP contribution in [-0.4, -0.2) is 30.3 Å². The normalized spacial score (nSPS) is 17.8. The minimum Gasteiger partial charge on any atom is -0.485 e. The summed E-state index contributed by atoms with van der Waals surface area (Å²) < 4.78 is 11.1. The highest BCUT2D eigenvalue weighted by Crippen LogP contribution is 2.31. The van der Waals surface area contributed by atoms with Crippen LogP contribution in [0, 0.1) is 6.92 Å². The van der Waals surface area contributed by atoms with Crippen LogP contribution in [0.5, 0.6) is 11.5 Å². The molecule has 3 rings (SSSR count). The van der Waals surface area contributed by atoms with E-state index < -0.39 is 12.2 Å². The van der Waals surface area contributed by atoms with Crippen molar-refractivity contribution in [2.24, 2.45) is 0 Å². The summed E-state index contributed by atoms with van der Waals surface area (Å²) in [6, 6.07) is 9.18. The van der Waals surface area contributed by atoms with Crippen LogP contribution in [0.3, 0.4) is 0 Å². The van der Waals surface area contributed by atoms with Crippen LogP contribution >= 0.6 is 11.3 Å². The zero-order valence-electron chi connectivity index (χ0n) is 12.1. The van der Waals surface area contributed by atoms with Gasteiger partial charge < -0.3 is 19.9 Å². The number of fused-ring (bicyclic) bond motifs is 1. The van der Waals surface area contributed by atoms with Gasteiger partial charge in [0.1, 0.15) is 12.7 Å². The largest absolute Gasteiger partial charge is 0.485 e. The Morgan fingerprint density at radius 1 is 1.41 bits per heavy atom. The highest BCUT2D eigenvalue weighted by atomic mass is 32.1. The van der Waals surface area contributed by atoms with Crippen LogP contribution in [0.15, 0.2) is 35.7 Å². The van der Waals surface area contributed by atoms with Gasteiger partial charge in [-0.3, -0.25) is 4.79 Å². The number of aliphatic hydroxyl groups excluding tert-OH is 1. The van der Waals surface area contributed by atoms with E-state index in [2.05, 4.69) is 5.32 Å². The quantitative estimate of drug-likeness (QED) is 0.905. The van der Waals surface area contributed by atoms with Crippen LogP contribution in [0.2, 0.25) is 0 Å². The van der Waals surface area contributed by atoms with Crippen LogP contribution in [0.4, 0.5) is 0 Å². The summed E-state index contributed by atoms with van der Waals surface area (Å²) in [5.74, 6) is 0.909. The molecule has 116 valence electrons. The summed E-state index contributed by atoms with van der Waals surface area (Å²) >= 11 is 1.48. The first kappa shape index (κ1) is 14.9. The lowest BCUT2D eigenvalue weighted by molar-refractivity contribution is -0.130. The molecule has 5 nitrogen and oxygen atoms in total. The van der Waals surface area contributed by atoms with E-state index in [-0.39, 0.29) is 19.1 Å². The predicted molar refractivity (Wildman–Crippen MR) is 83.4 cm³/mol. The number of hydrogen-bond acceptors (Lipinski definition) is 5. The molecule has 0 bridgehead atoms. The molecule has 0 saturated heterocycles. The van der Waals surface area contributed by atoms with E-state index in [0.29, 0.717) is 11.5 Å². The second-order valence-electron chi connectivity index (χ2n) is 5.09. The second kappa shape index (κ2) is 6.37. The van der Waals surface area contributed by atoms with Crippen molar-refractivity contribution in [1.82, 2.24) is 5.32 Å². The lowest BCUT2D eigenvalue weighted by atomic mass is 10.2. The van der Waals surface area contributed by atoms with E-state index in [4.69, 9.17) is 9.47 Å². The number of aliphatic hydroxyl groups is 1. The molecule has 2 aromatic rings. The van der Waals surface area contributed by atoms with Crippen molar-refractivity contribution in [3.63, 3.8) is 0 Å². The number of aryl methyl sites for hydroxylation is 1. The maximum Gasteiger partial charge on any atom is 0.264 e. The number of benzene rings is 1. The number of hydrogen-bond donors (Lipinski definition) is 2. The summed E-state index contributed by atoms with van der Waals surface area (Å²) in [5.41, 5.74) is 1.03. The molecule has 1 amide bonds. The van der Waals surface area contributed by atoms with E-state index in [1.165, 1.54) is 11.3 Å². The van der Waals surface area contributed by atoms with Crippen molar-refractivity contribution in [3.05, 3.63) is 46.2 Å². The molecule has 1 aromatic heterocycles. The summed E-state index contributed by atoms with van der Waals surface area (Å²) in [7, 11) is 0. The van der Waals surface area contributed by atoms with Gasteiger partial charge in [0.05, 0.1) is 0 Å². The van der Waals surface area contributed by atoms with Gasteiger partial charge in [-0.05, 0) is 36.1 Å². The molecule has 1 aromatic carbocycles. The number of carbonyl (C=O) groups is 1. The zero-order chi connectivity index (χ0) is 15.5. The molecular formula is C16H17NO4S. The predicted octanol–water partition coefficient (Wildman–Crippen LogP) is 2.05. The monoisotopic (exact) mass is 319 g/mol. The molecule has 0 spiro atoms. The van der Waals surface area contributed by atoms with Crippen molar-refractivity contribution in [2.75, 3.05) is 13.2 Å². The maximum atomic E-state index is 12.1. The molecule has 0 saturated carbocycles. The first-order valence-corrected chi connectivity index (χ1v) is 7.91. The molecule has 0 fully saturated rings. The van der Waals surface area contributed by atoms with E-state index in [1.54, 1.807) is 12.1 Å². The van der Waals surface area contributed by atoms with Crippen LogP contribution in [-0.2, 0) is 4.79 Å². The van der Waals surface area contributed by atoms with E-state index in [1.807, 2.05) is 30.5 Å². The van der Waals surface area contributed by atoms with Crippen molar-refractivity contribution in [2.45, 2.75) is 19.1 Å². The Bertz CT molecular complexity index is 670. The fourth-order valence-electron chi connectivity index (χ4n) is 2.28.